The van der Waals surface area contributed by atoms with E-state index in [9.17, 15) is 18.5 Å². The minimum Gasteiger partial charge on any atom is -0.378 e. The van der Waals surface area contributed by atoms with E-state index in [-0.39, 0.29) is 16.6 Å². The lowest BCUT2D eigenvalue weighted by Crippen LogP contribution is -2.33. The average molecular weight is 391 g/mol. The number of benzene rings is 2. The van der Waals surface area contributed by atoms with Crippen molar-refractivity contribution in [2.45, 2.75) is 24.8 Å². The molecule has 0 aliphatic heterocycles. The second-order valence-electron chi connectivity index (χ2n) is 6.24. The second-order valence-corrected chi connectivity index (χ2v) is 8.25. The molecule has 2 rings (SSSR count). The van der Waals surface area contributed by atoms with Crippen LogP contribution < -0.4 is 5.32 Å². The SMILES string of the molecule is CCN(CC)[C@@H](CNc1ccc(S(C)(=O)=O)cc1[N+](=O)[O-])c1ccccc1. The third kappa shape index (κ3) is 5.27. The molecule has 1 atom stereocenters. The molecular weight excluding hydrogens is 366 g/mol. The van der Waals surface area contributed by atoms with Gasteiger partial charge in [0.15, 0.2) is 9.84 Å². The summed E-state index contributed by atoms with van der Waals surface area (Å²) in [6.45, 7) is 6.29. The molecule has 0 aromatic heterocycles. The van der Waals surface area contributed by atoms with E-state index in [4.69, 9.17) is 0 Å². The van der Waals surface area contributed by atoms with Crippen molar-refractivity contribution >= 4 is 21.2 Å². The number of hydrogen-bond donors (Lipinski definition) is 1. The molecule has 0 saturated heterocycles. The van der Waals surface area contributed by atoms with Crippen molar-refractivity contribution in [3.05, 3.63) is 64.2 Å². The monoisotopic (exact) mass is 391 g/mol. The van der Waals surface area contributed by atoms with E-state index < -0.39 is 14.8 Å². The molecule has 8 heteroatoms. The Morgan fingerprint density at radius 3 is 2.26 bits per heavy atom. The molecule has 2 aromatic carbocycles. The van der Waals surface area contributed by atoms with Crippen LogP contribution in [0.4, 0.5) is 11.4 Å². The van der Waals surface area contributed by atoms with Crippen molar-refractivity contribution in [3.63, 3.8) is 0 Å². The van der Waals surface area contributed by atoms with Gasteiger partial charge in [-0.2, -0.15) is 0 Å². The minimum absolute atomic E-state index is 0.0374. The van der Waals surface area contributed by atoms with Crippen LogP contribution in [0.5, 0.6) is 0 Å². The number of nitro benzene ring substituents is 1. The molecule has 2 aromatic rings. The molecule has 146 valence electrons. The third-order valence-electron chi connectivity index (χ3n) is 4.52. The van der Waals surface area contributed by atoms with E-state index in [2.05, 4.69) is 24.1 Å². The van der Waals surface area contributed by atoms with E-state index in [0.29, 0.717) is 12.2 Å². The fraction of sp³-hybridized carbons (Fsp3) is 0.368. The lowest BCUT2D eigenvalue weighted by Gasteiger charge is -2.30. The number of likely N-dealkylation sites (N-methyl/N-ethyl adjacent to an activating group) is 1. The summed E-state index contributed by atoms with van der Waals surface area (Å²) < 4.78 is 23.4. The standard InChI is InChI=1S/C19H25N3O4S/c1-4-21(5-2)19(15-9-7-6-8-10-15)14-20-17-12-11-16(27(3,25)26)13-18(17)22(23)24/h6-13,19-20H,4-5,14H2,1-3H3/t19-/m0/s1. The Morgan fingerprint density at radius 1 is 1.11 bits per heavy atom. The first-order chi connectivity index (χ1) is 12.8. The van der Waals surface area contributed by atoms with Crippen molar-refractivity contribution in [2.24, 2.45) is 0 Å². The van der Waals surface area contributed by atoms with Crippen molar-refractivity contribution < 1.29 is 13.3 Å². The van der Waals surface area contributed by atoms with E-state index >= 15 is 0 Å². The number of anilines is 1. The Bertz CT molecular complexity index is 881. The summed E-state index contributed by atoms with van der Waals surface area (Å²) in [5, 5.41) is 14.6. The van der Waals surface area contributed by atoms with E-state index in [1.165, 1.54) is 12.1 Å². The fourth-order valence-corrected chi connectivity index (χ4v) is 3.69. The van der Waals surface area contributed by atoms with Crippen LogP contribution in [0.15, 0.2) is 53.4 Å². The summed E-state index contributed by atoms with van der Waals surface area (Å²) in [6, 6.07) is 13.9. The maximum absolute atomic E-state index is 11.7. The van der Waals surface area contributed by atoms with Gasteiger partial charge in [-0.25, -0.2) is 8.42 Å². The van der Waals surface area contributed by atoms with E-state index in [0.717, 1.165) is 31.0 Å². The highest BCUT2D eigenvalue weighted by atomic mass is 32.2. The van der Waals surface area contributed by atoms with Crippen LogP contribution in [-0.4, -0.2) is 44.1 Å². The zero-order chi connectivity index (χ0) is 20.0. The number of nitrogens with one attached hydrogen (secondary N) is 1. The average Bonchev–Trinajstić information content (AvgIpc) is 2.64. The van der Waals surface area contributed by atoms with Crippen LogP contribution in [0.1, 0.15) is 25.5 Å². The molecule has 0 saturated carbocycles. The Kier molecular flexibility index (Phi) is 6.92. The minimum atomic E-state index is -3.51. The molecule has 0 heterocycles. The number of hydrogen-bond acceptors (Lipinski definition) is 6. The highest BCUT2D eigenvalue weighted by Crippen LogP contribution is 2.29. The molecule has 0 fully saturated rings. The predicted molar refractivity (Wildman–Crippen MR) is 107 cm³/mol. The Hall–Kier alpha value is -2.45. The van der Waals surface area contributed by atoms with Crippen molar-refractivity contribution in [1.29, 1.82) is 0 Å². The summed E-state index contributed by atoms with van der Waals surface area (Å²) in [7, 11) is -3.51. The van der Waals surface area contributed by atoms with Gasteiger partial charge in [-0.1, -0.05) is 44.2 Å². The van der Waals surface area contributed by atoms with Crippen LogP contribution in [0.3, 0.4) is 0 Å². The Morgan fingerprint density at radius 2 is 1.74 bits per heavy atom. The highest BCUT2D eigenvalue weighted by molar-refractivity contribution is 7.90. The molecule has 0 radical (unpaired) electrons. The van der Waals surface area contributed by atoms with Crippen LogP contribution in [-0.2, 0) is 9.84 Å². The zero-order valence-electron chi connectivity index (χ0n) is 15.8. The largest absolute Gasteiger partial charge is 0.378 e. The summed E-state index contributed by atoms with van der Waals surface area (Å²) in [5.74, 6) is 0. The first-order valence-electron chi connectivity index (χ1n) is 8.79. The van der Waals surface area contributed by atoms with Gasteiger partial charge in [-0.05, 0) is 30.8 Å². The predicted octanol–water partition coefficient (Wildman–Crippen LogP) is 3.49. The highest BCUT2D eigenvalue weighted by Gasteiger charge is 2.22. The van der Waals surface area contributed by atoms with Gasteiger partial charge in [0.25, 0.3) is 5.69 Å². The van der Waals surface area contributed by atoms with Crippen molar-refractivity contribution in [3.8, 4) is 0 Å². The van der Waals surface area contributed by atoms with E-state index in [1.54, 1.807) is 0 Å². The number of nitro groups is 1. The number of nitrogens with zero attached hydrogens (tertiary/aromatic N) is 2. The molecule has 27 heavy (non-hydrogen) atoms. The van der Waals surface area contributed by atoms with Gasteiger partial charge >= 0.3 is 0 Å². The molecule has 0 aliphatic carbocycles. The Balaban J connectivity index is 2.32. The van der Waals surface area contributed by atoms with Crippen molar-refractivity contribution in [1.82, 2.24) is 4.90 Å². The topological polar surface area (TPSA) is 92.6 Å². The van der Waals surface area contributed by atoms with Crippen LogP contribution >= 0.6 is 0 Å². The molecule has 0 spiro atoms. The first-order valence-corrected chi connectivity index (χ1v) is 10.7. The molecule has 0 unspecified atom stereocenters. The molecule has 0 bridgehead atoms. The second kappa shape index (κ2) is 8.96. The van der Waals surface area contributed by atoms with Crippen LogP contribution in [0.25, 0.3) is 0 Å². The molecule has 0 aliphatic rings. The van der Waals surface area contributed by atoms with Gasteiger partial charge in [0.05, 0.1) is 15.9 Å². The lowest BCUT2D eigenvalue weighted by atomic mass is 10.0. The van der Waals surface area contributed by atoms with Gasteiger partial charge in [0.1, 0.15) is 5.69 Å². The fourth-order valence-electron chi connectivity index (χ4n) is 3.05. The number of sulfone groups is 1. The third-order valence-corrected chi connectivity index (χ3v) is 5.63. The molecule has 1 N–H and O–H groups in total. The normalized spacial score (nSPS) is 12.7. The maximum Gasteiger partial charge on any atom is 0.293 e. The quantitative estimate of drug-likeness (QED) is 0.519. The summed E-state index contributed by atoms with van der Waals surface area (Å²) in [6.07, 6.45) is 1.03. The van der Waals surface area contributed by atoms with Gasteiger partial charge in [-0.3, -0.25) is 15.0 Å². The zero-order valence-corrected chi connectivity index (χ0v) is 16.6. The Labute approximate surface area is 160 Å². The van der Waals surface area contributed by atoms with Crippen LogP contribution in [0.2, 0.25) is 0 Å². The summed E-state index contributed by atoms with van der Waals surface area (Å²) in [4.78, 5) is 13.1. The summed E-state index contributed by atoms with van der Waals surface area (Å²) >= 11 is 0. The van der Waals surface area contributed by atoms with E-state index in [1.807, 2.05) is 30.3 Å². The van der Waals surface area contributed by atoms with Crippen LogP contribution in [0, 0.1) is 10.1 Å². The van der Waals surface area contributed by atoms with Gasteiger partial charge < -0.3 is 5.32 Å². The van der Waals surface area contributed by atoms with Crippen molar-refractivity contribution in [2.75, 3.05) is 31.2 Å². The first kappa shape index (κ1) is 20.9. The van der Waals surface area contributed by atoms with Gasteiger partial charge in [-0.15, -0.1) is 0 Å². The summed E-state index contributed by atoms with van der Waals surface area (Å²) in [5.41, 5.74) is 1.17. The van der Waals surface area contributed by atoms with Gasteiger partial charge in [0, 0.05) is 18.9 Å². The van der Waals surface area contributed by atoms with Gasteiger partial charge in [0.2, 0.25) is 0 Å². The number of rotatable bonds is 9. The molecule has 0 amide bonds. The maximum atomic E-state index is 11.7. The molecular formula is C19H25N3O4S. The lowest BCUT2D eigenvalue weighted by molar-refractivity contribution is -0.384. The molecule has 7 nitrogen and oxygen atoms in total. The smallest absolute Gasteiger partial charge is 0.293 e.